The molecule has 11 nitrogen and oxygen atoms in total. The van der Waals surface area contributed by atoms with Gasteiger partial charge in [0, 0.05) is 30.8 Å². The number of halogens is 5. The molecule has 2 aliphatic heterocycles. The highest BCUT2D eigenvalue weighted by atomic mass is 32.2. The van der Waals surface area contributed by atoms with E-state index in [1.165, 1.54) is 36.4 Å². The van der Waals surface area contributed by atoms with Gasteiger partial charge in [-0.05, 0) is 43.0 Å². The molecule has 2 aromatic carbocycles. The van der Waals surface area contributed by atoms with E-state index in [0.29, 0.717) is 12.8 Å². The number of aliphatic carboxylic acids is 1. The highest BCUT2D eigenvalue weighted by Gasteiger charge is 2.45. The second-order valence-corrected chi connectivity index (χ2v) is 11.8. The smallest absolute Gasteiger partial charge is 0.480 e. The number of rotatable bonds is 8. The van der Waals surface area contributed by atoms with Crippen molar-refractivity contribution in [2.75, 3.05) is 25.4 Å². The van der Waals surface area contributed by atoms with Gasteiger partial charge in [-0.25, -0.2) is 17.7 Å². The van der Waals surface area contributed by atoms with E-state index in [1.807, 2.05) is 0 Å². The number of benzene rings is 2. The van der Waals surface area contributed by atoms with E-state index >= 15 is 0 Å². The molecule has 42 heavy (non-hydrogen) atoms. The SMILES string of the molecule is O=C(O)CS(=O)(=O)N1CCC(CNC(=O)c2ccc3c(c2)nc(C(F)(F)F)n3Cc2cccc3c2OC(F)(F)O3)CC1. The lowest BCUT2D eigenvalue weighted by Gasteiger charge is -2.30. The molecule has 1 aromatic heterocycles. The van der Waals surface area contributed by atoms with E-state index in [0.717, 1.165) is 8.87 Å². The minimum absolute atomic E-state index is 0.00176. The average Bonchev–Trinajstić information content (AvgIpc) is 3.43. The number of carbonyl (C=O) groups excluding carboxylic acids is 1. The summed E-state index contributed by atoms with van der Waals surface area (Å²) in [5.41, 5.74) is -0.128. The summed E-state index contributed by atoms with van der Waals surface area (Å²) in [6.45, 7) is -0.170. The zero-order chi connectivity index (χ0) is 30.4. The summed E-state index contributed by atoms with van der Waals surface area (Å²) in [6.07, 6.45) is -8.12. The first-order chi connectivity index (χ1) is 19.6. The number of aromatic nitrogens is 2. The Balaban J connectivity index is 1.30. The minimum atomic E-state index is -4.91. The lowest BCUT2D eigenvalue weighted by Crippen LogP contribution is -2.43. The molecule has 0 aliphatic carbocycles. The van der Waals surface area contributed by atoms with Crippen molar-refractivity contribution in [3.05, 3.63) is 53.3 Å². The molecule has 2 aliphatic rings. The zero-order valence-electron chi connectivity index (χ0n) is 21.5. The first-order valence-electron chi connectivity index (χ1n) is 12.6. The van der Waals surface area contributed by atoms with Crippen LogP contribution < -0.4 is 14.8 Å². The van der Waals surface area contributed by atoms with Crippen LogP contribution in [0.3, 0.4) is 0 Å². The van der Waals surface area contributed by atoms with Crippen molar-refractivity contribution in [1.82, 2.24) is 19.2 Å². The largest absolute Gasteiger partial charge is 0.586 e. The van der Waals surface area contributed by atoms with Crippen LogP contribution in [-0.2, 0) is 27.5 Å². The van der Waals surface area contributed by atoms with Crippen LogP contribution in [0.2, 0.25) is 0 Å². The molecule has 5 rings (SSSR count). The normalized spacial score (nSPS) is 17.5. The third kappa shape index (κ3) is 6.11. The first kappa shape index (κ1) is 29.5. The number of hydrogen-bond acceptors (Lipinski definition) is 7. The average molecular weight is 619 g/mol. The van der Waals surface area contributed by atoms with Crippen molar-refractivity contribution >= 4 is 32.9 Å². The Morgan fingerprint density at radius 1 is 1.12 bits per heavy atom. The number of sulfonamides is 1. The van der Waals surface area contributed by atoms with Gasteiger partial charge in [-0.1, -0.05) is 12.1 Å². The number of para-hydroxylation sites is 1. The van der Waals surface area contributed by atoms with Crippen LogP contribution in [0.1, 0.15) is 34.6 Å². The molecule has 1 fully saturated rings. The third-order valence-corrected chi connectivity index (χ3v) is 8.69. The zero-order valence-corrected chi connectivity index (χ0v) is 22.3. The van der Waals surface area contributed by atoms with Gasteiger partial charge in [-0.15, -0.1) is 8.78 Å². The standard InChI is InChI=1S/C25H23F5N4O7S/c26-24(27,28)23-32-17-10-15(22(37)31-11-14-6-8-33(9-7-14)42(38,39)13-20(35)36)4-5-18(17)34(23)12-16-2-1-3-19-21(16)41-25(29,30)40-19/h1-5,10,14H,6-9,11-13H2,(H,31,37)(H,35,36). The van der Waals surface area contributed by atoms with Crippen LogP contribution in [0.15, 0.2) is 36.4 Å². The number of carboxylic acids is 1. The Kier molecular flexibility index (Phi) is 7.51. The van der Waals surface area contributed by atoms with E-state index in [-0.39, 0.29) is 53.5 Å². The summed E-state index contributed by atoms with van der Waals surface area (Å²) < 4.78 is 104. The number of imidazole rings is 1. The molecule has 0 unspecified atom stereocenters. The van der Waals surface area contributed by atoms with E-state index < -0.39 is 58.2 Å². The Labute approximate surface area is 234 Å². The maximum Gasteiger partial charge on any atom is 0.586 e. The minimum Gasteiger partial charge on any atom is -0.480 e. The van der Waals surface area contributed by atoms with Gasteiger partial charge in [0.1, 0.15) is 0 Å². The molecule has 0 bridgehead atoms. The molecule has 1 amide bonds. The molecule has 17 heteroatoms. The first-order valence-corrected chi connectivity index (χ1v) is 14.2. The van der Waals surface area contributed by atoms with Gasteiger partial charge in [0.25, 0.3) is 5.91 Å². The summed E-state index contributed by atoms with van der Waals surface area (Å²) in [6, 6.07) is 7.62. The van der Waals surface area contributed by atoms with E-state index in [2.05, 4.69) is 19.8 Å². The summed E-state index contributed by atoms with van der Waals surface area (Å²) in [5, 5.41) is 11.5. The number of alkyl halides is 5. The van der Waals surface area contributed by atoms with Crippen LogP contribution in [-0.4, -0.2) is 70.9 Å². The number of hydrogen-bond donors (Lipinski definition) is 2. The molecule has 0 spiro atoms. The fourth-order valence-corrected chi connectivity index (χ4v) is 6.21. The number of carboxylic acid groups (broad SMARTS) is 1. The van der Waals surface area contributed by atoms with E-state index in [9.17, 15) is 40.0 Å². The van der Waals surface area contributed by atoms with Crippen molar-refractivity contribution in [2.45, 2.75) is 31.9 Å². The Morgan fingerprint density at radius 3 is 2.50 bits per heavy atom. The monoisotopic (exact) mass is 618 g/mol. The number of nitrogens with one attached hydrogen (secondary N) is 1. The predicted molar refractivity (Wildman–Crippen MR) is 135 cm³/mol. The molecule has 0 atom stereocenters. The molecular weight excluding hydrogens is 595 g/mol. The molecule has 3 heterocycles. The van der Waals surface area contributed by atoms with Crippen molar-refractivity contribution in [1.29, 1.82) is 0 Å². The number of fused-ring (bicyclic) bond motifs is 2. The van der Waals surface area contributed by atoms with Crippen LogP contribution in [0, 0.1) is 5.92 Å². The summed E-state index contributed by atoms with van der Waals surface area (Å²) >= 11 is 0. The van der Waals surface area contributed by atoms with Crippen LogP contribution >= 0.6 is 0 Å². The van der Waals surface area contributed by atoms with Gasteiger partial charge in [0.15, 0.2) is 17.3 Å². The quantitative estimate of drug-likeness (QED) is 0.367. The van der Waals surface area contributed by atoms with Crippen molar-refractivity contribution in [2.24, 2.45) is 5.92 Å². The third-order valence-electron chi connectivity index (χ3n) is 6.93. The Morgan fingerprint density at radius 2 is 1.83 bits per heavy atom. The predicted octanol–water partition coefficient (Wildman–Crippen LogP) is 3.28. The van der Waals surface area contributed by atoms with Crippen LogP contribution in [0.4, 0.5) is 22.0 Å². The van der Waals surface area contributed by atoms with Gasteiger partial charge in [0.05, 0.1) is 17.6 Å². The number of carbonyl (C=O) groups is 2. The number of piperidine rings is 1. The second kappa shape index (κ2) is 10.7. The highest BCUT2D eigenvalue weighted by Crippen LogP contribution is 2.44. The van der Waals surface area contributed by atoms with Gasteiger partial charge in [-0.3, -0.25) is 9.59 Å². The van der Waals surface area contributed by atoms with E-state index in [4.69, 9.17) is 5.11 Å². The summed E-state index contributed by atoms with van der Waals surface area (Å²) in [7, 11) is -3.93. The molecule has 0 saturated carbocycles. The topological polar surface area (TPSA) is 140 Å². The highest BCUT2D eigenvalue weighted by molar-refractivity contribution is 7.89. The Bertz CT molecular complexity index is 1650. The maximum absolute atomic E-state index is 13.9. The summed E-state index contributed by atoms with van der Waals surface area (Å²) in [4.78, 5) is 27.3. The number of ether oxygens (including phenoxy) is 2. The fourth-order valence-electron chi connectivity index (χ4n) is 4.95. The van der Waals surface area contributed by atoms with Gasteiger partial charge < -0.3 is 24.5 Å². The molecule has 0 radical (unpaired) electrons. The maximum atomic E-state index is 13.9. The van der Waals surface area contributed by atoms with Gasteiger partial charge in [-0.2, -0.15) is 13.2 Å². The van der Waals surface area contributed by atoms with Crippen molar-refractivity contribution in [3.63, 3.8) is 0 Å². The van der Waals surface area contributed by atoms with Crippen LogP contribution in [0.5, 0.6) is 11.5 Å². The lowest BCUT2D eigenvalue weighted by atomic mass is 9.98. The number of nitrogens with zero attached hydrogens (tertiary/aromatic N) is 3. The molecule has 2 N–H and O–H groups in total. The van der Waals surface area contributed by atoms with Gasteiger partial charge in [0.2, 0.25) is 15.8 Å². The fraction of sp³-hybridized carbons (Fsp3) is 0.400. The molecule has 3 aromatic rings. The molecular formula is C25H23F5N4O7S. The van der Waals surface area contributed by atoms with E-state index in [1.54, 1.807) is 0 Å². The second-order valence-electron chi connectivity index (χ2n) is 9.84. The number of amides is 1. The van der Waals surface area contributed by atoms with Crippen molar-refractivity contribution in [3.8, 4) is 11.5 Å². The molecule has 1 saturated heterocycles. The lowest BCUT2D eigenvalue weighted by molar-refractivity contribution is -0.287. The van der Waals surface area contributed by atoms with Crippen molar-refractivity contribution < 1.29 is 54.5 Å². The molecule has 226 valence electrons. The Hall–Kier alpha value is -3.99. The van der Waals surface area contributed by atoms with Crippen LogP contribution in [0.25, 0.3) is 11.0 Å². The van der Waals surface area contributed by atoms with Gasteiger partial charge >= 0.3 is 18.4 Å². The summed E-state index contributed by atoms with van der Waals surface area (Å²) in [5.74, 6) is -5.16.